The summed E-state index contributed by atoms with van der Waals surface area (Å²) < 4.78 is 24.8. The van der Waals surface area contributed by atoms with Gasteiger partial charge >= 0.3 is 0 Å². The van der Waals surface area contributed by atoms with Crippen LogP contribution < -0.4 is 14.8 Å². The molecule has 2 bridgehead atoms. The molecule has 222 valence electrons. The maximum absolute atomic E-state index is 13.6. The Bertz CT molecular complexity index is 1620. The molecule has 2 atom stereocenters. The predicted octanol–water partition coefficient (Wildman–Crippen LogP) is 3.97. The molecular formula is C33H33FN4O5. The highest BCUT2D eigenvalue weighted by Crippen LogP contribution is 2.35. The maximum Gasteiger partial charge on any atom is 0.260 e. The summed E-state index contributed by atoms with van der Waals surface area (Å²) >= 11 is 0. The van der Waals surface area contributed by atoms with Gasteiger partial charge in [0.25, 0.3) is 11.8 Å². The molecule has 1 aromatic heterocycles. The number of nitrogens with one attached hydrogen (secondary N) is 2. The van der Waals surface area contributed by atoms with Gasteiger partial charge in [-0.2, -0.15) is 0 Å². The van der Waals surface area contributed by atoms with Crippen molar-refractivity contribution in [2.45, 2.75) is 12.3 Å². The first-order valence-electron chi connectivity index (χ1n) is 14.5. The van der Waals surface area contributed by atoms with Gasteiger partial charge in [0.05, 0.1) is 12.5 Å². The number of hydrogen-bond donors (Lipinski definition) is 2. The maximum atomic E-state index is 13.6. The van der Waals surface area contributed by atoms with Crippen LogP contribution in [0, 0.1) is 11.7 Å². The second-order valence-electron chi connectivity index (χ2n) is 10.9. The third-order valence-electron chi connectivity index (χ3n) is 8.08. The monoisotopic (exact) mass is 584 g/mol. The highest BCUT2D eigenvalue weighted by Gasteiger charge is 2.40. The van der Waals surface area contributed by atoms with Gasteiger partial charge in [0.1, 0.15) is 17.3 Å². The first kappa shape index (κ1) is 28.3. The lowest BCUT2D eigenvalue weighted by Crippen LogP contribution is -2.43. The van der Waals surface area contributed by atoms with E-state index in [1.807, 2.05) is 54.7 Å². The van der Waals surface area contributed by atoms with E-state index in [-0.39, 0.29) is 49.2 Å². The molecule has 43 heavy (non-hydrogen) atoms. The summed E-state index contributed by atoms with van der Waals surface area (Å²) in [7, 11) is 0. The molecule has 6 rings (SSSR count). The molecular weight excluding hydrogens is 551 g/mol. The lowest BCUT2D eigenvalue weighted by Gasteiger charge is -2.25. The van der Waals surface area contributed by atoms with Crippen LogP contribution in [0.1, 0.15) is 28.3 Å². The van der Waals surface area contributed by atoms with Crippen molar-refractivity contribution in [3.8, 4) is 11.5 Å². The Hall–Kier alpha value is -4.86. The number of aromatic amines is 1. The highest BCUT2D eigenvalue weighted by molar-refractivity contribution is 5.98. The molecule has 0 saturated carbocycles. The predicted molar refractivity (Wildman–Crippen MR) is 158 cm³/mol. The summed E-state index contributed by atoms with van der Waals surface area (Å²) in [5.41, 5.74) is 2.39. The van der Waals surface area contributed by atoms with Crippen molar-refractivity contribution in [2.75, 3.05) is 45.9 Å². The molecule has 0 radical (unpaired) electrons. The minimum atomic E-state index is -0.470. The Balaban J connectivity index is 1.17. The Morgan fingerprint density at radius 2 is 1.79 bits per heavy atom. The smallest absolute Gasteiger partial charge is 0.260 e. The number of carbonyl (C=O) groups excluding carboxylic acids is 3. The van der Waals surface area contributed by atoms with Gasteiger partial charge in [-0.25, -0.2) is 4.39 Å². The number of amides is 3. The zero-order valence-corrected chi connectivity index (χ0v) is 23.6. The molecule has 1 saturated heterocycles. The number of hydrogen-bond acceptors (Lipinski definition) is 5. The van der Waals surface area contributed by atoms with Crippen molar-refractivity contribution >= 4 is 28.6 Å². The van der Waals surface area contributed by atoms with Crippen LogP contribution in [-0.4, -0.2) is 78.4 Å². The zero-order chi connectivity index (χ0) is 29.8. The number of likely N-dealkylation sites (tertiary alicyclic amines) is 1. The first-order chi connectivity index (χ1) is 20.9. The third kappa shape index (κ3) is 6.48. The SMILES string of the molecule is O=C1NCCN(C(=O)COc2ccc(F)cc2)CCCOc2cccc(c2)[C@H]2CN(C(=O)c3ccc4cc[nH]c4c3)C[C@H]12. The van der Waals surface area contributed by atoms with Crippen molar-refractivity contribution < 1.29 is 28.2 Å². The zero-order valence-electron chi connectivity index (χ0n) is 23.6. The van der Waals surface area contributed by atoms with Crippen LogP contribution in [0.4, 0.5) is 4.39 Å². The summed E-state index contributed by atoms with van der Waals surface area (Å²) in [6.45, 7) is 1.82. The fourth-order valence-corrected chi connectivity index (χ4v) is 5.79. The number of H-pyrrole nitrogens is 1. The first-order valence-corrected chi connectivity index (χ1v) is 14.5. The fraction of sp³-hybridized carbons (Fsp3) is 0.303. The van der Waals surface area contributed by atoms with Crippen LogP contribution in [0.25, 0.3) is 10.9 Å². The van der Waals surface area contributed by atoms with Gasteiger partial charge in [0.15, 0.2) is 6.61 Å². The molecule has 3 aromatic carbocycles. The van der Waals surface area contributed by atoms with E-state index in [1.54, 1.807) is 9.80 Å². The van der Waals surface area contributed by atoms with E-state index in [9.17, 15) is 18.8 Å². The van der Waals surface area contributed by atoms with Crippen LogP contribution in [0.5, 0.6) is 11.5 Å². The van der Waals surface area contributed by atoms with Crippen molar-refractivity contribution in [3.63, 3.8) is 0 Å². The quantitative estimate of drug-likeness (QED) is 0.378. The van der Waals surface area contributed by atoms with Crippen molar-refractivity contribution in [2.24, 2.45) is 5.92 Å². The number of ether oxygens (including phenoxy) is 2. The van der Waals surface area contributed by atoms with Gasteiger partial charge in [0.2, 0.25) is 5.91 Å². The third-order valence-corrected chi connectivity index (χ3v) is 8.08. The molecule has 0 unspecified atom stereocenters. The topological polar surface area (TPSA) is 104 Å². The van der Waals surface area contributed by atoms with Gasteiger partial charge in [-0.3, -0.25) is 14.4 Å². The van der Waals surface area contributed by atoms with Crippen molar-refractivity contribution in [1.82, 2.24) is 20.1 Å². The molecule has 0 spiro atoms. The summed E-state index contributed by atoms with van der Waals surface area (Å²) in [6, 6.07) is 20.7. The Kier molecular flexibility index (Phi) is 8.26. The molecule has 0 aliphatic carbocycles. The average molecular weight is 585 g/mol. The molecule has 2 aliphatic rings. The molecule has 2 N–H and O–H groups in total. The number of rotatable bonds is 4. The van der Waals surface area contributed by atoms with E-state index < -0.39 is 5.92 Å². The molecule has 9 nitrogen and oxygen atoms in total. The number of fused-ring (bicyclic) bond motifs is 5. The van der Waals surface area contributed by atoms with Crippen molar-refractivity contribution in [1.29, 1.82) is 0 Å². The summed E-state index contributed by atoms with van der Waals surface area (Å²) in [4.78, 5) is 46.7. The molecule has 4 aromatic rings. The molecule has 3 heterocycles. The van der Waals surface area contributed by atoms with E-state index in [0.717, 1.165) is 16.5 Å². The largest absolute Gasteiger partial charge is 0.494 e. The van der Waals surface area contributed by atoms with E-state index >= 15 is 0 Å². The molecule has 2 aliphatic heterocycles. The molecule has 3 amide bonds. The van der Waals surface area contributed by atoms with Crippen LogP contribution in [0.15, 0.2) is 79.0 Å². The van der Waals surface area contributed by atoms with E-state index in [0.29, 0.717) is 49.7 Å². The number of aromatic nitrogens is 1. The lowest BCUT2D eigenvalue weighted by atomic mass is 9.88. The summed E-state index contributed by atoms with van der Waals surface area (Å²) in [5, 5.41) is 4.04. The second kappa shape index (κ2) is 12.6. The van der Waals surface area contributed by atoms with Crippen LogP contribution in [0.3, 0.4) is 0 Å². The minimum Gasteiger partial charge on any atom is -0.494 e. The number of benzene rings is 3. The van der Waals surface area contributed by atoms with Gasteiger partial charge in [-0.15, -0.1) is 0 Å². The highest BCUT2D eigenvalue weighted by atomic mass is 19.1. The van der Waals surface area contributed by atoms with Gasteiger partial charge in [0, 0.05) is 55.9 Å². The van der Waals surface area contributed by atoms with E-state index in [2.05, 4.69) is 10.3 Å². The van der Waals surface area contributed by atoms with Crippen LogP contribution in [0.2, 0.25) is 0 Å². The average Bonchev–Trinajstić information content (AvgIpc) is 3.69. The van der Waals surface area contributed by atoms with Crippen LogP contribution >= 0.6 is 0 Å². The van der Waals surface area contributed by atoms with E-state index in [4.69, 9.17) is 9.47 Å². The molecule has 10 heteroatoms. The van der Waals surface area contributed by atoms with Crippen LogP contribution in [-0.2, 0) is 9.59 Å². The summed E-state index contributed by atoms with van der Waals surface area (Å²) in [5.74, 6) is -0.542. The summed E-state index contributed by atoms with van der Waals surface area (Å²) in [6.07, 6.45) is 2.42. The normalized spacial score (nSPS) is 19.2. The Morgan fingerprint density at radius 3 is 2.65 bits per heavy atom. The standard InChI is InChI=1S/C33H33FN4O5/c34-25-7-9-26(10-8-25)43-21-31(39)37-14-2-16-42-27-4-1-3-23(17-27)28-19-38(20-29(28)32(40)36-13-15-37)33(41)24-6-5-22-11-12-35-30(22)18-24/h1,3-12,17-18,28-29,35H,2,13-16,19-21H2,(H,36,40)/t28-,29+/m1/s1. The van der Waals surface area contributed by atoms with Crippen molar-refractivity contribution in [3.05, 3.63) is 95.9 Å². The van der Waals surface area contributed by atoms with Gasteiger partial charge in [-0.1, -0.05) is 18.2 Å². The second-order valence-corrected chi connectivity index (χ2v) is 10.9. The fourth-order valence-electron chi connectivity index (χ4n) is 5.79. The molecule has 1 fully saturated rings. The Morgan fingerprint density at radius 1 is 0.953 bits per heavy atom. The minimum absolute atomic E-state index is 0.125. The lowest BCUT2D eigenvalue weighted by molar-refractivity contribution is -0.134. The van der Waals surface area contributed by atoms with Gasteiger partial charge in [-0.05, 0) is 72.0 Å². The number of carbonyl (C=O) groups is 3. The van der Waals surface area contributed by atoms with Gasteiger partial charge < -0.3 is 29.6 Å². The Labute approximate surface area is 248 Å². The number of halogens is 1. The number of nitrogens with zero attached hydrogens (tertiary/aromatic N) is 2. The van der Waals surface area contributed by atoms with E-state index in [1.165, 1.54) is 24.3 Å².